The highest BCUT2D eigenvalue weighted by Gasteiger charge is 2.07. The van der Waals surface area contributed by atoms with Gasteiger partial charge in [0.15, 0.2) is 5.82 Å². The van der Waals surface area contributed by atoms with Gasteiger partial charge in [-0.25, -0.2) is 9.97 Å². The maximum Gasteiger partial charge on any atom is 0.158 e. The van der Waals surface area contributed by atoms with E-state index in [2.05, 4.69) is 20.2 Å². The Hall–Kier alpha value is -1.40. The number of rotatable bonds is 9. The molecule has 2 N–H and O–H groups in total. The molecule has 1 rings (SSSR count). The number of unbranched alkanes of at least 4 members (excludes halogenated alkanes) is 2. The molecule has 108 valence electrons. The van der Waals surface area contributed by atoms with Crippen molar-refractivity contribution in [2.45, 2.75) is 25.9 Å². The number of nitrogens with one attached hydrogen (secondary N) is 1. The molecule has 0 radical (unpaired) electrons. The molecule has 6 heteroatoms. The third-order valence-corrected chi connectivity index (χ3v) is 2.83. The van der Waals surface area contributed by atoms with E-state index in [1.807, 2.05) is 20.2 Å². The largest absolute Gasteiger partial charge is 0.396 e. The second kappa shape index (κ2) is 8.66. The Kier molecular flexibility index (Phi) is 7.14. The van der Waals surface area contributed by atoms with Crippen LogP contribution in [0.5, 0.6) is 0 Å². The molecule has 0 saturated carbocycles. The lowest BCUT2D eigenvalue weighted by molar-refractivity contribution is 0.178. The van der Waals surface area contributed by atoms with Gasteiger partial charge in [0.05, 0.1) is 0 Å². The third-order valence-electron chi connectivity index (χ3n) is 2.83. The second-order valence-electron chi connectivity index (χ2n) is 4.42. The van der Waals surface area contributed by atoms with Crippen molar-refractivity contribution in [1.29, 1.82) is 0 Å². The van der Waals surface area contributed by atoms with Crippen molar-refractivity contribution in [2.24, 2.45) is 0 Å². The topological polar surface area (TPSA) is 70.5 Å². The SMILES string of the molecule is CNc1cc(N(C)CCCCCO)nc(COC)n1. The van der Waals surface area contributed by atoms with Gasteiger partial charge in [-0.3, -0.25) is 0 Å². The lowest BCUT2D eigenvalue weighted by Crippen LogP contribution is -2.21. The molecule has 0 fully saturated rings. The first kappa shape index (κ1) is 15.7. The summed E-state index contributed by atoms with van der Waals surface area (Å²) in [5.41, 5.74) is 0. The highest BCUT2D eigenvalue weighted by atomic mass is 16.5. The molecule has 0 saturated heterocycles. The summed E-state index contributed by atoms with van der Waals surface area (Å²) in [6, 6.07) is 1.92. The molecule has 1 heterocycles. The number of methoxy groups -OCH3 is 1. The number of nitrogens with zero attached hydrogens (tertiary/aromatic N) is 3. The van der Waals surface area contributed by atoms with Gasteiger partial charge >= 0.3 is 0 Å². The molecule has 0 amide bonds. The van der Waals surface area contributed by atoms with Crippen LogP contribution < -0.4 is 10.2 Å². The van der Waals surface area contributed by atoms with Gasteiger partial charge in [0.1, 0.15) is 18.2 Å². The monoisotopic (exact) mass is 268 g/mol. The zero-order valence-electron chi connectivity index (χ0n) is 12.0. The Labute approximate surface area is 114 Å². The van der Waals surface area contributed by atoms with Crippen LogP contribution in [-0.4, -0.2) is 49.4 Å². The molecule has 0 unspecified atom stereocenters. The molecule has 0 aromatic carbocycles. The number of ether oxygens (including phenoxy) is 1. The molecule has 6 nitrogen and oxygen atoms in total. The molecule has 0 aliphatic carbocycles. The van der Waals surface area contributed by atoms with Crippen molar-refractivity contribution in [3.8, 4) is 0 Å². The van der Waals surface area contributed by atoms with Crippen molar-refractivity contribution in [3.05, 3.63) is 11.9 Å². The van der Waals surface area contributed by atoms with E-state index < -0.39 is 0 Å². The highest BCUT2D eigenvalue weighted by molar-refractivity contribution is 5.48. The van der Waals surface area contributed by atoms with Crippen molar-refractivity contribution in [2.75, 3.05) is 44.6 Å². The maximum absolute atomic E-state index is 8.76. The number of hydrogen-bond donors (Lipinski definition) is 2. The highest BCUT2D eigenvalue weighted by Crippen LogP contribution is 2.15. The summed E-state index contributed by atoms with van der Waals surface area (Å²) in [6.07, 6.45) is 2.92. The van der Waals surface area contributed by atoms with Crippen LogP contribution in [-0.2, 0) is 11.3 Å². The van der Waals surface area contributed by atoms with E-state index >= 15 is 0 Å². The van der Waals surface area contributed by atoms with Crippen molar-refractivity contribution in [3.63, 3.8) is 0 Å². The first-order valence-corrected chi connectivity index (χ1v) is 6.58. The van der Waals surface area contributed by atoms with Gasteiger partial charge in [0.2, 0.25) is 0 Å². The van der Waals surface area contributed by atoms with Crippen LogP contribution in [0.15, 0.2) is 6.07 Å². The fourth-order valence-electron chi connectivity index (χ4n) is 1.75. The number of aliphatic hydroxyl groups excluding tert-OH is 1. The zero-order chi connectivity index (χ0) is 14.1. The van der Waals surface area contributed by atoms with Gasteiger partial charge in [-0.15, -0.1) is 0 Å². The normalized spacial score (nSPS) is 10.5. The summed E-state index contributed by atoms with van der Waals surface area (Å²) in [5, 5.41) is 11.8. The molecular formula is C13H24N4O2. The summed E-state index contributed by atoms with van der Waals surface area (Å²) in [5.74, 6) is 2.35. The predicted octanol–water partition coefficient (Wildman–Crippen LogP) is 1.26. The number of aromatic nitrogens is 2. The molecule has 19 heavy (non-hydrogen) atoms. The molecular weight excluding hydrogens is 244 g/mol. The van der Waals surface area contributed by atoms with E-state index in [9.17, 15) is 0 Å². The van der Waals surface area contributed by atoms with Crippen LogP contribution in [0.1, 0.15) is 25.1 Å². The van der Waals surface area contributed by atoms with Gasteiger partial charge in [-0.2, -0.15) is 0 Å². The molecule has 0 aliphatic rings. The smallest absolute Gasteiger partial charge is 0.158 e. The number of anilines is 2. The quantitative estimate of drug-likeness (QED) is 0.657. The van der Waals surface area contributed by atoms with Crippen molar-refractivity contribution in [1.82, 2.24) is 9.97 Å². The Morgan fingerprint density at radius 3 is 2.74 bits per heavy atom. The van der Waals surface area contributed by atoms with Gasteiger partial charge in [0, 0.05) is 40.4 Å². The average molecular weight is 268 g/mol. The molecule has 0 bridgehead atoms. The van der Waals surface area contributed by atoms with Crippen LogP contribution in [0.3, 0.4) is 0 Å². The lowest BCUT2D eigenvalue weighted by Gasteiger charge is -2.19. The summed E-state index contributed by atoms with van der Waals surface area (Å²) in [4.78, 5) is 10.9. The Morgan fingerprint density at radius 1 is 1.32 bits per heavy atom. The molecule has 0 spiro atoms. The predicted molar refractivity (Wildman–Crippen MR) is 76.5 cm³/mol. The van der Waals surface area contributed by atoms with Crippen LogP contribution in [0.25, 0.3) is 0 Å². The standard InChI is InChI=1S/C13H24N4O2/c1-14-11-9-13(16-12(15-11)10-19-3)17(2)7-5-4-6-8-18/h9,18H,4-8,10H2,1-3H3,(H,14,15,16). The Balaban J connectivity index is 2.66. The molecule has 1 aromatic heterocycles. The molecule has 1 aromatic rings. The molecule has 0 atom stereocenters. The van der Waals surface area contributed by atoms with Crippen LogP contribution in [0.4, 0.5) is 11.6 Å². The minimum Gasteiger partial charge on any atom is -0.396 e. The second-order valence-corrected chi connectivity index (χ2v) is 4.42. The maximum atomic E-state index is 8.76. The third kappa shape index (κ3) is 5.40. The first-order valence-electron chi connectivity index (χ1n) is 6.58. The van der Waals surface area contributed by atoms with E-state index in [0.29, 0.717) is 12.4 Å². The van der Waals surface area contributed by atoms with Gasteiger partial charge < -0.3 is 20.1 Å². The summed E-state index contributed by atoms with van der Waals surface area (Å²) >= 11 is 0. The summed E-state index contributed by atoms with van der Waals surface area (Å²) < 4.78 is 5.08. The average Bonchev–Trinajstić information content (AvgIpc) is 2.43. The van der Waals surface area contributed by atoms with Gasteiger partial charge in [-0.05, 0) is 19.3 Å². The van der Waals surface area contributed by atoms with E-state index in [0.717, 1.165) is 37.4 Å². The number of hydrogen-bond acceptors (Lipinski definition) is 6. The first-order chi connectivity index (χ1) is 9.21. The van der Waals surface area contributed by atoms with E-state index in [1.165, 1.54) is 0 Å². The number of aliphatic hydroxyl groups is 1. The van der Waals surface area contributed by atoms with Crippen LogP contribution in [0.2, 0.25) is 0 Å². The summed E-state index contributed by atoms with van der Waals surface area (Å²) in [7, 11) is 5.48. The van der Waals surface area contributed by atoms with E-state index in [1.54, 1.807) is 7.11 Å². The van der Waals surface area contributed by atoms with E-state index in [4.69, 9.17) is 9.84 Å². The minimum atomic E-state index is 0.263. The van der Waals surface area contributed by atoms with Gasteiger partial charge in [0.25, 0.3) is 0 Å². The van der Waals surface area contributed by atoms with Crippen LogP contribution in [0, 0.1) is 0 Å². The zero-order valence-corrected chi connectivity index (χ0v) is 12.0. The fourth-order valence-corrected chi connectivity index (χ4v) is 1.75. The van der Waals surface area contributed by atoms with Crippen molar-refractivity contribution >= 4 is 11.6 Å². The molecule has 0 aliphatic heterocycles. The van der Waals surface area contributed by atoms with Crippen LogP contribution >= 0.6 is 0 Å². The van der Waals surface area contributed by atoms with E-state index in [-0.39, 0.29) is 6.61 Å². The van der Waals surface area contributed by atoms with Crippen molar-refractivity contribution < 1.29 is 9.84 Å². The lowest BCUT2D eigenvalue weighted by atomic mass is 10.2. The Bertz CT molecular complexity index is 374. The summed E-state index contributed by atoms with van der Waals surface area (Å²) in [6.45, 7) is 1.58. The van der Waals surface area contributed by atoms with Gasteiger partial charge in [-0.1, -0.05) is 0 Å². The fraction of sp³-hybridized carbons (Fsp3) is 0.692. The Morgan fingerprint density at radius 2 is 2.11 bits per heavy atom. The minimum absolute atomic E-state index is 0.263.